The summed E-state index contributed by atoms with van der Waals surface area (Å²) < 4.78 is 8.97. The Morgan fingerprint density at radius 2 is 1.11 bits per heavy atom. The third kappa shape index (κ3) is 4.91. The van der Waals surface area contributed by atoms with Crippen molar-refractivity contribution in [2.45, 2.75) is 51.4 Å². The highest BCUT2D eigenvalue weighted by Gasteiger charge is 2.38. The van der Waals surface area contributed by atoms with Crippen molar-refractivity contribution >= 4 is 54.6 Å². The van der Waals surface area contributed by atoms with Crippen LogP contribution < -0.4 is 0 Å². The summed E-state index contributed by atoms with van der Waals surface area (Å²) in [5, 5.41) is 6.76. The molecule has 56 heavy (non-hydrogen) atoms. The van der Waals surface area contributed by atoms with Crippen LogP contribution in [0, 0.1) is 0 Å². The average Bonchev–Trinajstić information content (AvgIpc) is 3.77. The fourth-order valence-electron chi connectivity index (χ4n) is 9.37. The van der Waals surface area contributed by atoms with Crippen LogP contribution in [0.15, 0.2) is 156 Å². The smallest absolute Gasteiger partial charge is 0.231 e. The maximum atomic E-state index is 6.48. The second-order valence-corrected chi connectivity index (χ2v) is 16.8. The molecule has 0 spiro atoms. The first-order chi connectivity index (χ1) is 27.2. The lowest BCUT2D eigenvalue weighted by molar-refractivity contribution is 0.332. The van der Waals surface area contributed by atoms with Gasteiger partial charge in [0.15, 0.2) is 5.82 Å². The Morgan fingerprint density at radius 3 is 1.88 bits per heavy atom. The number of furan rings is 1. The van der Waals surface area contributed by atoms with E-state index in [1.165, 1.54) is 51.3 Å². The van der Waals surface area contributed by atoms with E-state index in [0.717, 1.165) is 55.2 Å². The van der Waals surface area contributed by atoms with Crippen LogP contribution >= 0.6 is 0 Å². The normalized spacial score (nSPS) is 14.9. The van der Waals surface area contributed by atoms with Gasteiger partial charge in [0.2, 0.25) is 5.71 Å². The summed E-state index contributed by atoms with van der Waals surface area (Å²) >= 11 is 0. The first-order valence-corrected chi connectivity index (χ1v) is 19.7. The molecule has 0 aliphatic heterocycles. The van der Waals surface area contributed by atoms with E-state index >= 15 is 0 Å². The topological polar surface area (TPSA) is 43.9 Å². The van der Waals surface area contributed by atoms with Gasteiger partial charge in [-0.05, 0) is 87.7 Å². The molecule has 0 amide bonds. The van der Waals surface area contributed by atoms with Crippen LogP contribution in [0.5, 0.6) is 0 Å². The zero-order valence-electron chi connectivity index (χ0n) is 32.1. The number of para-hydroxylation sites is 2. The Labute approximate surface area is 326 Å². The summed E-state index contributed by atoms with van der Waals surface area (Å²) in [5.74, 6) is 0.640. The monoisotopic (exact) mass is 723 g/mol. The molecule has 0 atom stereocenters. The third-order valence-corrected chi connectivity index (χ3v) is 12.5. The Balaban J connectivity index is 1.14. The van der Waals surface area contributed by atoms with Gasteiger partial charge < -0.3 is 8.98 Å². The van der Waals surface area contributed by atoms with Gasteiger partial charge in [0.25, 0.3) is 0 Å². The maximum absolute atomic E-state index is 6.48. The van der Waals surface area contributed by atoms with Crippen LogP contribution in [0.25, 0.3) is 94.1 Å². The summed E-state index contributed by atoms with van der Waals surface area (Å²) in [6.45, 7) is 9.65. The molecule has 0 unspecified atom stereocenters. The van der Waals surface area contributed by atoms with E-state index in [9.17, 15) is 0 Å². The van der Waals surface area contributed by atoms with E-state index < -0.39 is 0 Å². The lowest BCUT2D eigenvalue weighted by Gasteiger charge is -2.42. The van der Waals surface area contributed by atoms with Gasteiger partial charge in [0.05, 0.1) is 27.8 Å². The first-order valence-electron chi connectivity index (χ1n) is 19.7. The minimum Gasteiger partial charge on any atom is -0.438 e. The first kappa shape index (κ1) is 32.9. The van der Waals surface area contributed by atoms with E-state index in [1.807, 2.05) is 24.3 Å². The predicted molar refractivity (Wildman–Crippen MR) is 233 cm³/mol. The number of aromatic nitrogens is 3. The Kier molecular flexibility index (Phi) is 7.04. The predicted octanol–water partition coefficient (Wildman–Crippen LogP) is 14.0. The van der Waals surface area contributed by atoms with Crippen molar-refractivity contribution in [3.63, 3.8) is 0 Å². The number of nitrogens with zero attached hydrogens (tertiary/aromatic N) is 3. The van der Waals surface area contributed by atoms with E-state index in [0.29, 0.717) is 11.5 Å². The molecule has 0 bridgehead atoms. The van der Waals surface area contributed by atoms with Crippen LogP contribution in [-0.4, -0.2) is 14.5 Å². The largest absolute Gasteiger partial charge is 0.438 e. The lowest BCUT2D eigenvalue weighted by Crippen LogP contribution is -2.33. The number of rotatable bonds is 4. The standard InChI is InChI=1S/C52H41N3O/c1-51(2)28-29-52(3,4)42-31-45-40(30-41(42)51)37-18-10-12-20-43(37)55(45)44-27-26-38(35-16-8-9-17-36(35)44)49-53-48(47-39-19-11-13-21-46(39)56-50(47)54-49)34-24-22-33(23-25-34)32-14-6-5-7-15-32/h5-27,30-31H,28-29H2,1-4H3. The van der Waals surface area contributed by atoms with Crippen molar-refractivity contribution in [3.8, 4) is 39.5 Å². The fraction of sp³-hybridized carbons (Fsp3) is 0.154. The third-order valence-electron chi connectivity index (χ3n) is 12.5. The Bertz CT molecular complexity index is 3180. The number of hydrogen-bond acceptors (Lipinski definition) is 3. The van der Waals surface area contributed by atoms with Gasteiger partial charge in [0, 0.05) is 32.7 Å². The highest BCUT2D eigenvalue weighted by atomic mass is 16.3. The van der Waals surface area contributed by atoms with Gasteiger partial charge in [0.1, 0.15) is 5.58 Å². The van der Waals surface area contributed by atoms with Crippen LogP contribution in [-0.2, 0) is 10.8 Å². The summed E-state index contributed by atoms with van der Waals surface area (Å²) in [6.07, 6.45) is 2.36. The van der Waals surface area contributed by atoms with Crippen LogP contribution in [0.1, 0.15) is 51.7 Å². The quantitative estimate of drug-likeness (QED) is 0.182. The number of hydrogen-bond donors (Lipinski definition) is 0. The Hall–Kier alpha value is -6.52. The summed E-state index contributed by atoms with van der Waals surface area (Å²) in [4.78, 5) is 10.6. The summed E-state index contributed by atoms with van der Waals surface area (Å²) in [6, 6.07) is 54.4. The zero-order chi connectivity index (χ0) is 37.8. The van der Waals surface area contributed by atoms with Crippen LogP contribution in [0.4, 0.5) is 0 Å². The summed E-state index contributed by atoms with van der Waals surface area (Å²) in [5.41, 5.74) is 13.3. The molecular weight excluding hydrogens is 683 g/mol. The molecule has 1 aliphatic rings. The minimum absolute atomic E-state index is 0.0957. The molecule has 4 nitrogen and oxygen atoms in total. The van der Waals surface area contributed by atoms with E-state index in [2.05, 4.69) is 160 Å². The van der Waals surface area contributed by atoms with Gasteiger partial charge in [-0.3, -0.25) is 0 Å². The van der Waals surface area contributed by atoms with Gasteiger partial charge in [-0.15, -0.1) is 0 Å². The van der Waals surface area contributed by atoms with Gasteiger partial charge in [-0.25, -0.2) is 4.98 Å². The molecule has 0 saturated heterocycles. The van der Waals surface area contributed by atoms with Crippen molar-refractivity contribution in [1.29, 1.82) is 0 Å². The maximum Gasteiger partial charge on any atom is 0.231 e. The van der Waals surface area contributed by atoms with Crippen molar-refractivity contribution in [3.05, 3.63) is 163 Å². The van der Waals surface area contributed by atoms with Crippen molar-refractivity contribution in [1.82, 2.24) is 14.5 Å². The fourth-order valence-corrected chi connectivity index (χ4v) is 9.37. The second kappa shape index (κ2) is 12.0. The molecule has 0 saturated carbocycles. The molecule has 7 aromatic carbocycles. The summed E-state index contributed by atoms with van der Waals surface area (Å²) in [7, 11) is 0. The molecule has 0 radical (unpaired) electrons. The van der Waals surface area contributed by atoms with Gasteiger partial charge >= 0.3 is 0 Å². The molecule has 270 valence electrons. The van der Waals surface area contributed by atoms with Crippen molar-refractivity contribution in [2.24, 2.45) is 0 Å². The van der Waals surface area contributed by atoms with Crippen LogP contribution in [0.2, 0.25) is 0 Å². The molecule has 10 aromatic rings. The van der Waals surface area contributed by atoms with Crippen LogP contribution in [0.3, 0.4) is 0 Å². The molecule has 1 aliphatic carbocycles. The van der Waals surface area contributed by atoms with Crippen molar-refractivity contribution < 1.29 is 4.42 Å². The minimum atomic E-state index is 0.0957. The number of fused-ring (bicyclic) bond motifs is 8. The Morgan fingerprint density at radius 1 is 0.500 bits per heavy atom. The molecule has 0 N–H and O–H groups in total. The average molecular weight is 724 g/mol. The number of benzene rings is 7. The second-order valence-electron chi connectivity index (χ2n) is 16.8. The molecular formula is C52H41N3O. The molecule has 11 rings (SSSR count). The molecule has 3 heterocycles. The van der Waals surface area contributed by atoms with Gasteiger partial charge in [-0.1, -0.05) is 143 Å². The highest BCUT2D eigenvalue weighted by molar-refractivity contribution is 6.13. The molecule has 4 heteroatoms. The zero-order valence-corrected chi connectivity index (χ0v) is 32.1. The van der Waals surface area contributed by atoms with E-state index in [4.69, 9.17) is 14.4 Å². The molecule has 0 fully saturated rings. The SMILES string of the molecule is CC1(C)CCC(C)(C)c2cc3c(cc21)c1ccccc1n3-c1ccc(-c2nc(-c3ccc(-c4ccccc4)cc3)c3c(n2)oc2ccccc23)c2ccccc12. The lowest BCUT2D eigenvalue weighted by atomic mass is 9.63. The highest BCUT2D eigenvalue weighted by Crippen LogP contribution is 2.49. The van der Waals surface area contributed by atoms with Crippen molar-refractivity contribution in [2.75, 3.05) is 0 Å². The van der Waals surface area contributed by atoms with E-state index in [-0.39, 0.29) is 10.8 Å². The molecule has 3 aromatic heterocycles. The van der Waals surface area contributed by atoms with E-state index in [1.54, 1.807) is 0 Å². The van der Waals surface area contributed by atoms with Gasteiger partial charge in [-0.2, -0.15) is 4.98 Å².